The van der Waals surface area contributed by atoms with E-state index in [0.717, 1.165) is 85.1 Å². The van der Waals surface area contributed by atoms with E-state index in [1.165, 1.54) is 11.3 Å². The summed E-state index contributed by atoms with van der Waals surface area (Å²) >= 11 is 1.62. The summed E-state index contributed by atoms with van der Waals surface area (Å²) in [6.07, 6.45) is 5.82. The molecule has 4 heterocycles. The summed E-state index contributed by atoms with van der Waals surface area (Å²) < 4.78 is 12.1. The van der Waals surface area contributed by atoms with Gasteiger partial charge < -0.3 is 25.0 Å². The molecule has 2 saturated heterocycles. The highest BCUT2D eigenvalue weighted by molar-refractivity contribution is 7.13. The molecule has 8 nitrogen and oxygen atoms in total. The highest BCUT2D eigenvalue weighted by Gasteiger charge is 2.19. The number of thiazole rings is 1. The van der Waals surface area contributed by atoms with Gasteiger partial charge in [-0.2, -0.15) is 0 Å². The molecule has 0 spiro atoms. The predicted molar refractivity (Wildman–Crippen MR) is 145 cm³/mol. The van der Waals surface area contributed by atoms with E-state index in [2.05, 4.69) is 62.8 Å². The number of piperidine rings is 1. The number of hydrogen-bond acceptors (Lipinski definition) is 9. The topological polar surface area (TPSA) is 84.4 Å². The Bertz CT molecular complexity index is 1330. The first kappa shape index (κ1) is 23.1. The lowest BCUT2D eigenvalue weighted by Gasteiger charge is -2.29. The largest absolute Gasteiger partial charge is 0.488 e. The quantitative estimate of drug-likeness (QED) is 0.390. The van der Waals surface area contributed by atoms with E-state index in [1.807, 2.05) is 17.8 Å². The van der Waals surface area contributed by atoms with E-state index in [9.17, 15) is 0 Å². The molecular formula is C27H30N6O2S. The minimum absolute atomic E-state index is 0.167. The Kier molecular flexibility index (Phi) is 6.67. The van der Waals surface area contributed by atoms with Crippen LogP contribution < -0.4 is 20.3 Å². The van der Waals surface area contributed by atoms with Crippen molar-refractivity contribution in [3.05, 3.63) is 53.7 Å². The summed E-state index contributed by atoms with van der Waals surface area (Å²) in [6, 6.07) is 10.7. The molecule has 0 amide bonds. The number of hydrogen-bond donors (Lipinski definition) is 2. The zero-order valence-electron chi connectivity index (χ0n) is 20.4. The van der Waals surface area contributed by atoms with Gasteiger partial charge in [0.1, 0.15) is 22.4 Å². The van der Waals surface area contributed by atoms with Gasteiger partial charge >= 0.3 is 0 Å². The standard InChI is InChI=1S/C27H30N6O2S/c1-18-12-21(16-22(13-18)33-7-9-34-10-8-33)31-27-30-17-20-14-19(26-29-6-11-36-26)15-24(25(20)32-27)35-23-2-4-28-5-3-23/h6,11-17,23,28H,2-5,7-10H2,1H3,(H,30,31,32). The number of anilines is 3. The van der Waals surface area contributed by atoms with Gasteiger partial charge in [-0.15, -0.1) is 11.3 Å². The number of rotatable bonds is 6. The van der Waals surface area contributed by atoms with E-state index in [0.29, 0.717) is 5.95 Å². The highest BCUT2D eigenvalue weighted by Crippen LogP contribution is 2.34. The number of aromatic nitrogens is 3. The van der Waals surface area contributed by atoms with Crippen molar-refractivity contribution < 1.29 is 9.47 Å². The molecule has 2 N–H and O–H groups in total. The van der Waals surface area contributed by atoms with Gasteiger partial charge in [-0.3, -0.25) is 0 Å². The predicted octanol–water partition coefficient (Wildman–Crippen LogP) is 4.77. The molecule has 186 valence electrons. The minimum atomic E-state index is 0.167. The molecule has 0 saturated carbocycles. The fraction of sp³-hybridized carbons (Fsp3) is 0.370. The van der Waals surface area contributed by atoms with Crippen molar-refractivity contribution in [3.63, 3.8) is 0 Å². The van der Waals surface area contributed by atoms with Gasteiger partial charge in [0.05, 0.1) is 13.2 Å². The Morgan fingerprint density at radius 3 is 2.75 bits per heavy atom. The van der Waals surface area contributed by atoms with Crippen LogP contribution in [0.3, 0.4) is 0 Å². The lowest BCUT2D eigenvalue weighted by molar-refractivity contribution is 0.122. The molecule has 36 heavy (non-hydrogen) atoms. The molecule has 0 atom stereocenters. The molecule has 2 aliphatic rings. The molecule has 4 aromatic rings. The van der Waals surface area contributed by atoms with Crippen LogP contribution in [0.25, 0.3) is 21.5 Å². The molecule has 2 fully saturated rings. The zero-order chi connectivity index (χ0) is 24.3. The van der Waals surface area contributed by atoms with Crippen molar-refractivity contribution in [1.82, 2.24) is 20.3 Å². The monoisotopic (exact) mass is 502 g/mol. The van der Waals surface area contributed by atoms with Crippen LogP contribution in [0, 0.1) is 6.92 Å². The average Bonchev–Trinajstić information content (AvgIpc) is 3.45. The number of benzene rings is 2. The molecule has 2 aromatic heterocycles. The first-order chi connectivity index (χ1) is 17.7. The summed E-state index contributed by atoms with van der Waals surface area (Å²) in [5.74, 6) is 1.34. The van der Waals surface area contributed by atoms with Crippen molar-refractivity contribution in [3.8, 4) is 16.3 Å². The van der Waals surface area contributed by atoms with Crippen molar-refractivity contribution in [1.29, 1.82) is 0 Å². The van der Waals surface area contributed by atoms with Crippen LogP contribution in [-0.4, -0.2) is 60.4 Å². The zero-order valence-corrected chi connectivity index (χ0v) is 21.2. The Morgan fingerprint density at radius 1 is 1.08 bits per heavy atom. The van der Waals surface area contributed by atoms with E-state index < -0.39 is 0 Å². The number of ether oxygens (including phenoxy) is 2. The van der Waals surface area contributed by atoms with Crippen LogP contribution in [-0.2, 0) is 4.74 Å². The fourth-order valence-electron chi connectivity index (χ4n) is 4.81. The molecule has 6 rings (SSSR count). The van der Waals surface area contributed by atoms with E-state index in [4.69, 9.17) is 14.5 Å². The van der Waals surface area contributed by atoms with Gasteiger partial charge in [0.15, 0.2) is 0 Å². The van der Waals surface area contributed by atoms with Crippen LogP contribution in [0.15, 0.2) is 48.1 Å². The lowest BCUT2D eigenvalue weighted by atomic mass is 10.1. The first-order valence-electron chi connectivity index (χ1n) is 12.5. The lowest BCUT2D eigenvalue weighted by Crippen LogP contribution is -2.36. The molecule has 9 heteroatoms. The van der Waals surface area contributed by atoms with E-state index in [1.54, 1.807) is 11.3 Å². The summed E-state index contributed by atoms with van der Waals surface area (Å²) in [7, 11) is 0. The van der Waals surface area contributed by atoms with Crippen LogP contribution >= 0.6 is 11.3 Å². The number of aryl methyl sites for hydroxylation is 1. The van der Waals surface area contributed by atoms with E-state index in [-0.39, 0.29) is 6.10 Å². The third-order valence-electron chi connectivity index (χ3n) is 6.60. The van der Waals surface area contributed by atoms with Gasteiger partial charge in [0, 0.05) is 53.2 Å². The smallest absolute Gasteiger partial charge is 0.227 e. The van der Waals surface area contributed by atoms with Gasteiger partial charge in [0.2, 0.25) is 5.95 Å². The molecule has 2 aromatic carbocycles. The van der Waals surface area contributed by atoms with Crippen LogP contribution in [0.2, 0.25) is 0 Å². The second kappa shape index (κ2) is 10.4. The molecule has 0 bridgehead atoms. The van der Waals surface area contributed by atoms with Gasteiger partial charge in [-0.25, -0.2) is 15.0 Å². The summed E-state index contributed by atoms with van der Waals surface area (Å²) in [5, 5.41) is 10.7. The summed E-state index contributed by atoms with van der Waals surface area (Å²) in [5.41, 5.74) is 5.18. The Hall–Kier alpha value is -3.27. The maximum Gasteiger partial charge on any atom is 0.227 e. The molecule has 0 radical (unpaired) electrons. The second-order valence-corrected chi connectivity index (χ2v) is 10.2. The summed E-state index contributed by atoms with van der Waals surface area (Å²) in [4.78, 5) is 16.4. The molecular weight excluding hydrogens is 472 g/mol. The Morgan fingerprint density at radius 2 is 1.94 bits per heavy atom. The van der Waals surface area contributed by atoms with Gasteiger partial charge in [-0.05, 0) is 68.8 Å². The highest BCUT2D eigenvalue weighted by atomic mass is 32.1. The van der Waals surface area contributed by atoms with Crippen molar-refractivity contribution >= 4 is 39.6 Å². The van der Waals surface area contributed by atoms with Crippen LogP contribution in [0.5, 0.6) is 5.75 Å². The molecule has 2 aliphatic heterocycles. The van der Waals surface area contributed by atoms with Crippen LogP contribution in [0.1, 0.15) is 18.4 Å². The summed E-state index contributed by atoms with van der Waals surface area (Å²) in [6.45, 7) is 7.36. The number of nitrogens with zero attached hydrogens (tertiary/aromatic N) is 4. The maximum absolute atomic E-state index is 6.53. The van der Waals surface area contributed by atoms with Gasteiger partial charge in [0.25, 0.3) is 0 Å². The second-order valence-electron chi connectivity index (χ2n) is 9.29. The van der Waals surface area contributed by atoms with Crippen LogP contribution in [0.4, 0.5) is 17.3 Å². The van der Waals surface area contributed by atoms with Crippen molar-refractivity contribution in [2.24, 2.45) is 0 Å². The Labute approximate surface area is 214 Å². The number of morpholine rings is 1. The minimum Gasteiger partial charge on any atom is -0.488 e. The van der Waals surface area contributed by atoms with Gasteiger partial charge in [-0.1, -0.05) is 0 Å². The fourth-order valence-corrected chi connectivity index (χ4v) is 5.44. The first-order valence-corrected chi connectivity index (χ1v) is 13.4. The maximum atomic E-state index is 6.53. The van der Waals surface area contributed by atoms with E-state index >= 15 is 0 Å². The Balaban J connectivity index is 1.33. The third kappa shape index (κ3) is 5.13. The SMILES string of the molecule is Cc1cc(Nc2ncc3cc(-c4nccs4)cc(OC4CCNCC4)c3n2)cc(N2CCOCC2)c1. The number of nitrogens with one attached hydrogen (secondary N) is 2. The average molecular weight is 503 g/mol. The normalized spacial score (nSPS) is 16.9. The molecule has 0 aliphatic carbocycles. The van der Waals surface area contributed by atoms with Crippen molar-refractivity contribution in [2.45, 2.75) is 25.9 Å². The molecule has 0 unspecified atom stereocenters. The number of fused-ring (bicyclic) bond motifs is 1. The van der Waals surface area contributed by atoms with Crippen molar-refractivity contribution in [2.75, 3.05) is 49.6 Å². The third-order valence-corrected chi connectivity index (χ3v) is 7.42.